The van der Waals surface area contributed by atoms with Gasteiger partial charge >= 0.3 is 5.97 Å². The van der Waals surface area contributed by atoms with E-state index in [0.29, 0.717) is 6.42 Å². The molecule has 110 valence electrons. The summed E-state index contributed by atoms with van der Waals surface area (Å²) in [6, 6.07) is 0. The molecule has 0 spiro atoms. The van der Waals surface area contributed by atoms with Crippen molar-refractivity contribution in [3.8, 4) is 0 Å². The van der Waals surface area contributed by atoms with Gasteiger partial charge in [0.1, 0.15) is 11.9 Å². The Morgan fingerprint density at radius 1 is 1.35 bits per heavy atom. The van der Waals surface area contributed by atoms with Crippen LogP contribution in [0.2, 0.25) is 0 Å². The van der Waals surface area contributed by atoms with Crippen LogP contribution in [0.5, 0.6) is 0 Å². The van der Waals surface area contributed by atoms with E-state index in [1.54, 1.807) is 6.92 Å². The lowest BCUT2D eigenvalue weighted by molar-refractivity contribution is -0.140. The van der Waals surface area contributed by atoms with E-state index in [4.69, 9.17) is 4.74 Å². The van der Waals surface area contributed by atoms with Gasteiger partial charge < -0.3 is 14.9 Å². The molecule has 7 atom stereocenters. The molecular formula is C15H20O5. The highest BCUT2D eigenvalue weighted by atomic mass is 16.6. The topological polar surface area (TPSA) is 83.8 Å². The Morgan fingerprint density at radius 2 is 2.00 bits per heavy atom. The normalized spacial score (nSPS) is 51.5. The third-order valence-corrected chi connectivity index (χ3v) is 5.60. The molecule has 0 radical (unpaired) electrons. The molecule has 2 aliphatic carbocycles. The lowest BCUT2D eigenvalue weighted by Crippen LogP contribution is -2.47. The molecule has 0 bridgehead atoms. The molecular weight excluding hydrogens is 260 g/mol. The maximum Gasteiger partial charge on any atom is 0.334 e. The average molecular weight is 280 g/mol. The summed E-state index contributed by atoms with van der Waals surface area (Å²) in [6.45, 7) is 7.36. The Labute approximate surface area is 117 Å². The molecule has 3 aliphatic rings. The number of esters is 1. The summed E-state index contributed by atoms with van der Waals surface area (Å²) in [5, 5.41) is 21.0. The Kier molecular flexibility index (Phi) is 2.86. The van der Waals surface area contributed by atoms with Crippen molar-refractivity contribution < 1.29 is 24.5 Å². The Hall–Kier alpha value is -1.20. The molecule has 0 aromatic carbocycles. The van der Waals surface area contributed by atoms with Gasteiger partial charge in [0.15, 0.2) is 0 Å². The molecule has 1 aliphatic heterocycles. The summed E-state index contributed by atoms with van der Waals surface area (Å²) in [7, 11) is 0. The number of aliphatic hydroxyl groups is 2. The first-order chi connectivity index (χ1) is 9.28. The van der Waals surface area contributed by atoms with E-state index in [-0.39, 0.29) is 29.6 Å². The SMILES string of the molecule is C=C1C(=O)OC2CC(C)C3C(O)CC(=O)C3(C)C(O)C12. The average Bonchev–Trinajstić information content (AvgIpc) is 2.72. The highest BCUT2D eigenvalue weighted by molar-refractivity contribution is 5.93. The van der Waals surface area contributed by atoms with Gasteiger partial charge in [-0.05, 0) is 19.3 Å². The van der Waals surface area contributed by atoms with E-state index in [1.165, 1.54) is 0 Å². The standard InChI is InChI=1S/C15H20O5/c1-6-4-9-11(7(2)14(19)20-9)13(18)15(3)10(17)5-8(16)12(6)15/h6,8-9,11-13,16,18H,2,4-5H2,1,3H3. The van der Waals surface area contributed by atoms with Crippen molar-refractivity contribution in [1.29, 1.82) is 0 Å². The smallest absolute Gasteiger partial charge is 0.334 e. The lowest BCUT2D eigenvalue weighted by atomic mass is 9.67. The van der Waals surface area contributed by atoms with Crippen molar-refractivity contribution in [3.63, 3.8) is 0 Å². The number of Topliss-reactive ketones (excluding diaryl/α,β-unsaturated/α-hetero) is 1. The molecule has 7 unspecified atom stereocenters. The second-order valence-electron chi connectivity index (χ2n) is 6.66. The largest absolute Gasteiger partial charge is 0.458 e. The van der Waals surface area contributed by atoms with Crippen molar-refractivity contribution in [2.24, 2.45) is 23.2 Å². The van der Waals surface area contributed by atoms with Crippen molar-refractivity contribution in [1.82, 2.24) is 0 Å². The first-order valence-corrected chi connectivity index (χ1v) is 7.07. The van der Waals surface area contributed by atoms with Crippen LogP contribution in [0, 0.1) is 23.2 Å². The molecule has 0 aromatic heterocycles. The minimum absolute atomic E-state index is 0.00944. The van der Waals surface area contributed by atoms with Crippen LogP contribution < -0.4 is 0 Å². The first-order valence-electron chi connectivity index (χ1n) is 7.07. The van der Waals surface area contributed by atoms with E-state index in [0.717, 1.165) is 0 Å². The molecule has 2 N–H and O–H groups in total. The fraction of sp³-hybridized carbons (Fsp3) is 0.733. The van der Waals surface area contributed by atoms with Crippen LogP contribution in [0.4, 0.5) is 0 Å². The van der Waals surface area contributed by atoms with Gasteiger partial charge in [0, 0.05) is 17.9 Å². The molecule has 1 saturated heterocycles. The van der Waals surface area contributed by atoms with E-state index in [1.807, 2.05) is 6.92 Å². The maximum absolute atomic E-state index is 12.4. The van der Waals surface area contributed by atoms with Crippen molar-refractivity contribution in [3.05, 3.63) is 12.2 Å². The van der Waals surface area contributed by atoms with Gasteiger partial charge in [0.05, 0.1) is 23.5 Å². The molecule has 5 heteroatoms. The second kappa shape index (κ2) is 4.15. The Bertz CT molecular complexity index is 498. The predicted octanol–water partition coefficient (Wildman–Crippen LogP) is 0.441. The summed E-state index contributed by atoms with van der Waals surface area (Å²) >= 11 is 0. The van der Waals surface area contributed by atoms with Gasteiger partial charge in [-0.2, -0.15) is 0 Å². The summed E-state index contributed by atoms with van der Waals surface area (Å²) in [4.78, 5) is 24.0. The van der Waals surface area contributed by atoms with Crippen LogP contribution in [0.3, 0.4) is 0 Å². The number of hydrogen-bond donors (Lipinski definition) is 2. The van der Waals surface area contributed by atoms with Crippen LogP contribution in [-0.4, -0.2) is 40.3 Å². The monoisotopic (exact) mass is 280 g/mol. The van der Waals surface area contributed by atoms with Gasteiger partial charge in [-0.25, -0.2) is 4.79 Å². The molecule has 3 fully saturated rings. The van der Waals surface area contributed by atoms with E-state index >= 15 is 0 Å². The third-order valence-electron chi connectivity index (χ3n) is 5.60. The number of ether oxygens (including phenoxy) is 1. The van der Waals surface area contributed by atoms with Crippen molar-refractivity contribution in [2.75, 3.05) is 0 Å². The molecule has 2 saturated carbocycles. The third kappa shape index (κ3) is 1.50. The molecule has 20 heavy (non-hydrogen) atoms. The number of carbonyl (C=O) groups excluding carboxylic acids is 2. The number of aliphatic hydroxyl groups excluding tert-OH is 2. The zero-order valence-corrected chi connectivity index (χ0v) is 11.7. The predicted molar refractivity (Wildman–Crippen MR) is 69.5 cm³/mol. The van der Waals surface area contributed by atoms with E-state index < -0.39 is 35.6 Å². The molecule has 1 heterocycles. The highest BCUT2D eigenvalue weighted by Crippen LogP contribution is 2.55. The summed E-state index contributed by atoms with van der Waals surface area (Å²) in [6.07, 6.45) is -1.60. The molecule has 0 aromatic rings. The van der Waals surface area contributed by atoms with E-state index in [9.17, 15) is 19.8 Å². The summed E-state index contributed by atoms with van der Waals surface area (Å²) in [5.41, 5.74) is -0.791. The van der Waals surface area contributed by atoms with Gasteiger partial charge in [0.25, 0.3) is 0 Å². The van der Waals surface area contributed by atoms with Crippen LogP contribution in [0.1, 0.15) is 26.7 Å². The number of ketones is 1. The highest BCUT2D eigenvalue weighted by Gasteiger charge is 2.63. The lowest BCUT2D eigenvalue weighted by Gasteiger charge is -2.37. The van der Waals surface area contributed by atoms with Crippen LogP contribution in [0.15, 0.2) is 12.2 Å². The van der Waals surface area contributed by atoms with Crippen LogP contribution >= 0.6 is 0 Å². The Morgan fingerprint density at radius 3 is 2.65 bits per heavy atom. The van der Waals surface area contributed by atoms with Crippen LogP contribution in [0.25, 0.3) is 0 Å². The zero-order chi connectivity index (χ0) is 14.8. The van der Waals surface area contributed by atoms with Gasteiger partial charge in [-0.15, -0.1) is 0 Å². The second-order valence-corrected chi connectivity index (χ2v) is 6.66. The quantitative estimate of drug-likeness (QED) is 0.497. The maximum atomic E-state index is 12.4. The number of hydrogen-bond acceptors (Lipinski definition) is 5. The van der Waals surface area contributed by atoms with E-state index in [2.05, 4.69) is 6.58 Å². The molecule has 5 nitrogen and oxygen atoms in total. The number of fused-ring (bicyclic) bond motifs is 2. The minimum Gasteiger partial charge on any atom is -0.458 e. The van der Waals surface area contributed by atoms with Gasteiger partial charge in [-0.3, -0.25) is 4.79 Å². The fourth-order valence-electron chi connectivity index (χ4n) is 4.58. The van der Waals surface area contributed by atoms with Crippen molar-refractivity contribution in [2.45, 2.75) is 45.0 Å². The Balaban J connectivity index is 2.09. The summed E-state index contributed by atoms with van der Waals surface area (Å²) in [5.74, 6) is -1.48. The molecule has 0 amide bonds. The van der Waals surface area contributed by atoms with Gasteiger partial charge in [-0.1, -0.05) is 13.5 Å². The van der Waals surface area contributed by atoms with Crippen LogP contribution in [-0.2, 0) is 14.3 Å². The zero-order valence-electron chi connectivity index (χ0n) is 11.7. The number of carbonyl (C=O) groups is 2. The molecule has 3 rings (SSSR count). The first kappa shape index (κ1) is 13.8. The summed E-state index contributed by atoms with van der Waals surface area (Å²) < 4.78 is 5.29. The fourth-order valence-corrected chi connectivity index (χ4v) is 4.58. The van der Waals surface area contributed by atoms with Gasteiger partial charge in [0.2, 0.25) is 0 Å². The minimum atomic E-state index is -1.04. The van der Waals surface area contributed by atoms with Crippen molar-refractivity contribution >= 4 is 11.8 Å². The number of rotatable bonds is 0.